The number of ether oxygens (including phenoxy) is 1. The second kappa shape index (κ2) is 6.70. The summed E-state index contributed by atoms with van der Waals surface area (Å²) in [6.07, 6.45) is -4.35. The van der Waals surface area contributed by atoms with Crippen molar-refractivity contribution < 1.29 is 22.7 Å². The maximum atomic E-state index is 12.6. The Morgan fingerprint density at radius 1 is 1.41 bits per heavy atom. The lowest BCUT2D eigenvalue weighted by Crippen LogP contribution is -2.04. The largest absolute Gasteiger partial charge is 0.464 e. The molecule has 3 nitrogen and oxygen atoms in total. The van der Waals surface area contributed by atoms with Gasteiger partial charge in [0.1, 0.15) is 0 Å². The van der Waals surface area contributed by atoms with Crippen LogP contribution in [0.5, 0.6) is 0 Å². The molecular formula is C14H12F3NO2S2. The summed E-state index contributed by atoms with van der Waals surface area (Å²) in [7, 11) is 1.27. The number of hydrogen-bond donors (Lipinski definition) is 0. The number of nitrogens with zero attached hydrogens (tertiary/aromatic N) is 1. The van der Waals surface area contributed by atoms with E-state index in [1.54, 1.807) is 13.0 Å². The zero-order valence-corrected chi connectivity index (χ0v) is 13.4. The average Bonchev–Trinajstić information content (AvgIpc) is 2.85. The molecule has 0 fully saturated rings. The van der Waals surface area contributed by atoms with Crippen molar-refractivity contribution in [2.45, 2.75) is 23.2 Å². The second-order valence-electron chi connectivity index (χ2n) is 4.36. The van der Waals surface area contributed by atoms with Crippen molar-refractivity contribution in [2.24, 2.45) is 0 Å². The van der Waals surface area contributed by atoms with Gasteiger partial charge in [-0.25, -0.2) is 9.78 Å². The molecule has 0 saturated carbocycles. The molecule has 0 radical (unpaired) electrons. The van der Waals surface area contributed by atoms with Crippen LogP contribution in [0.4, 0.5) is 13.2 Å². The number of aromatic nitrogens is 1. The first-order valence-electron chi connectivity index (χ1n) is 6.16. The van der Waals surface area contributed by atoms with Gasteiger partial charge in [0.25, 0.3) is 0 Å². The van der Waals surface area contributed by atoms with Crippen molar-refractivity contribution in [3.8, 4) is 0 Å². The van der Waals surface area contributed by atoms with Crippen molar-refractivity contribution in [1.82, 2.24) is 4.98 Å². The molecule has 118 valence electrons. The number of carbonyl (C=O) groups excluding carboxylic acids is 1. The van der Waals surface area contributed by atoms with Crippen molar-refractivity contribution in [3.63, 3.8) is 0 Å². The Hall–Kier alpha value is -1.54. The minimum atomic E-state index is -4.35. The smallest absolute Gasteiger partial charge is 0.416 e. The number of aryl methyl sites for hydroxylation is 1. The highest BCUT2D eigenvalue weighted by Gasteiger charge is 2.30. The van der Waals surface area contributed by atoms with E-state index in [1.807, 2.05) is 0 Å². The fourth-order valence-corrected chi connectivity index (χ4v) is 3.74. The third kappa shape index (κ3) is 4.01. The molecule has 1 aromatic heterocycles. The first kappa shape index (κ1) is 16.8. The van der Waals surface area contributed by atoms with Crippen LogP contribution < -0.4 is 0 Å². The van der Waals surface area contributed by atoms with Crippen LogP contribution in [0.3, 0.4) is 0 Å². The van der Waals surface area contributed by atoms with E-state index in [0.717, 1.165) is 17.0 Å². The van der Waals surface area contributed by atoms with Gasteiger partial charge in [0.05, 0.1) is 12.7 Å². The van der Waals surface area contributed by atoms with E-state index in [9.17, 15) is 18.0 Å². The number of methoxy groups -OCH3 is 1. The minimum absolute atomic E-state index is 0.249. The highest BCUT2D eigenvalue weighted by molar-refractivity contribution is 8.00. The Bertz CT molecular complexity index is 683. The lowest BCUT2D eigenvalue weighted by atomic mass is 10.1. The molecule has 0 aliphatic carbocycles. The zero-order valence-electron chi connectivity index (χ0n) is 11.7. The lowest BCUT2D eigenvalue weighted by Gasteiger charge is -2.07. The van der Waals surface area contributed by atoms with E-state index < -0.39 is 17.7 Å². The predicted molar refractivity (Wildman–Crippen MR) is 79.2 cm³/mol. The average molecular weight is 347 g/mol. The van der Waals surface area contributed by atoms with E-state index in [0.29, 0.717) is 15.7 Å². The summed E-state index contributed by atoms with van der Waals surface area (Å²) in [6, 6.07) is 5.17. The zero-order chi connectivity index (χ0) is 16.3. The molecule has 0 unspecified atom stereocenters. The summed E-state index contributed by atoms with van der Waals surface area (Å²) in [4.78, 5) is 16.3. The van der Waals surface area contributed by atoms with Crippen LogP contribution in [0.2, 0.25) is 0 Å². The number of thiazole rings is 1. The van der Waals surface area contributed by atoms with Crippen LogP contribution in [0.15, 0.2) is 28.6 Å². The van der Waals surface area contributed by atoms with Crippen LogP contribution >= 0.6 is 23.1 Å². The van der Waals surface area contributed by atoms with Crippen LogP contribution in [-0.2, 0) is 16.7 Å². The van der Waals surface area contributed by atoms with E-state index in [-0.39, 0.29) is 5.69 Å². The van der Waals surface area contributed by atoms with Gasteiger partial charge in [0.15, 0.2) is 10.0 Å². The van der Waals surface area contributed by atoms with E-state index in [1.165, 1.54) is 36.3 Å². The third-order valence-electron chi connectivity index (χ3n) is 2.77. The normalized spacial score (nSPS) is 11.5. The fraction of sp³-hybridized carbons (Fsp3) is 0.286. The molecule has 0 spiro atoms. The second-order valence-corrected chi connectivity index (χ2v) is 6.79. The molecule has 0 saturated heterocycles. The molecule has 0 amide bonds. The third-order valence-corrected chi connectivity index (χ3v) is 4.96. The Morgan fingerprint density at radius 3 is 2.77 bits per heavy atom. The molecular weight excluding hydrogens is 335 g/mol. The molecule has 2 rings (SSSR count). The fourth-order valence-electron chi connectivity index (χ4n) is 1.70. The summed E-state index contributed by atoms with van der Waals surface area (Å²) >= 11 is 2.60. The highest BCUT2D eigenvalue weighted by Crippen LogP contribution is 2.33. The van der Waals surface area contributed by atoms with Gasteiger partial charge in [-0.15, -0.1) is 11.3 Å². The summed E-state index contributed by atoms with van der Waals surface area (Å²) in [5, 5.41) is 0. The SMILES string of the molecule is COC(=O)c1nc(SCc2cccc(C(F)(F)F)c2)sc1C. The number of esters is 1. The van der Waals surface area contributed by atoms with Gasteiger partial charge < -0.3 is 4.74 Å². The van der Waals surface area contributed by atoms with Crippen molar-refractivity contribution in [3.05, 3.63) is 46.0 Å². The Kier molecular flexibility index (Phi) is 5.12. The summed E-state index contributed by atoms with van der Waals surface area (Å²) in [6.45, 7) is 1.75. The molecule has 1 heterocycles. The first-order valence-corrected chi connectivity index (χ1v) is 7.96. The monoisotopic (exact) mass is 347 g/mol. The molecule has 8 heteroatoms. The summed E-state index contributed by atoms with van der Waals surface area (Å²) in [5.41, 5.74) is 0.127. The Labute approximate surface area is 133 Å². The van der Waals surface area contributed by atoms with Gasteiger partial charge in [0.2, 0.25) is 0 Å². The van der Waals surface area contributed by atoms with Gasteiger partial charge >= 0.3 is 12.1 Å². The van der Waals surface area contributed by atoms with Crippen molar-refractivity contribution >= 4 is 29.1 Å². The maximum absolute atomic E-state index is 12.6. The number of halogens is 3. The van der Waals surface area contributed by atoms with Crippen LogP contribution in [0, 0.1) is 6.92 Å². The quantitative estimate of drug-likeness (QED) is 0.601. The van der Waals surface area contributed by atoms with Crippen LogP contribution in [-0.4, -0.2) is 18.1 Å². The van der Waals surface area contributed by atoms with E-state index in [2.05, 4.69) is 9.72 Å². The Morgan fingerprint density at radius 2 is 2.14 bits per heavy atom. The highest BCUT2D eigenvalue weighted by atomic mass is 32.2. The Balaban J connectivity index is 2.09. The molecule has 2 aromatic rings. The number of hydrogen-bond acceptors (Lipinski definition) is 5. The van der Waals surface area contributed by atoms with Gasteiger partial charge in [-0.05, 0) is 18.6 Å². The standard InChI is InChI=1S/C14H12F3NO2S2/c1-8-11(12(19)20-2)18-13(22-8)21-7-9-4-3-5-10(6-9)14(15,16)17/h3-6H,7H2,1-2H3. The molecule has 0 N–H and O–H groups in total. The van der Waals surface area contributed by atoms with Crippen molar-refractivity contribution in [1.29, 1.82) is 0 Å². The molecule has 0 bridgehead atoms. The molecule has 0 atom stereocenters. The van der Waals surface area contributed by atoms with Gasteiger partial charge in [-0.1, -0.05) is 30.0 Å². The van der Waals surface area contributed by atoms with Gasteiger partial charge in [0, 0.05) is 10.6 Å². The summed E-state index contributed by atoms with van der Waals surface area (Å²) in [5.74, 6) is -0.169. The minimum Gasteiger partial charge on any atom is -0.464 e. The predicted octanol–water partition coefficient (Wildman–Crippen LogP) is 4.55. The van der Waals surface area contributed by atoms with Crippen molar-refractivity contribution in [2.75, 3.05) is 7.11 Å². The number of alkyl halides is 3. The summed E-state index contributed by atoms with van der Waals surface area (Å²) < 4.78 is 43.2. The number of carbonyl (C=O) groups is 1. The van der Waals surface area contributed by atoms with Crippen LogP contribution in [0.1, 0.15) is 26.5 Å². The first-order chi connectivity index (χ1) is 10.3. The number of thioether (sulfide) groups is 1. The number of benzene rings is 1. The van der Waals surface area contributed by atoms with E-state index >= 15 is 0 Å². The molecule has 22 heavy (non-hydrogen) atoms. The van der Waals surface area contributed by atoms with Crippen LogP contribution in [0.25, 0.3) is 0 Å². The molecule has 0 aliphatic rings. The molecule has 0 aliphatic heterocycles. The maximum Gasteiger partial charge on any atom is 0.416 e. The lowest BCUT2D eigenvalue weighted by molar-refractivity contribution is -0.137. The van der Waals surface area contributed by atoms with Gasteiger partial charge in [-0.2, -0.15) is 13.2 Å². The number of rotatable bonds is 4. The molecule has 1 aromatic carbocycles. The van der Waals surface area contributed by atoms with Gasteiger partial charge in [-0.3, -0.25) is 0 Å². The topological polar surface area (TPSA) is 39.2 Å². The van der Waals surface area contributed by atoms with E-state index in [4.69, 9.17) is 0 Å².